The third-order valence-corrected chi connectivity index (χ3v) is 3.50. The number of hydrogen-bond acceptors (Lipinski definition) is 6. The van der Waals surface area contributed by atoms with E-state index >= 15 is 0 Å². The lowest BCUT2D eigenvalue weighted by atomic mass is 10.2. The quantitative estimate of drug-likeness (QED) is 0.587. The Balaban J connectivity index is 2.37. The first-order valence-electron chi connectivity index (χ1n) is 7.72. The molecule has 0 aliphatic carbocycles. The van der Waals surface area contributed by atoms with E-state index in [2.05, 4.69) is 15.3 Å². The molecule has 0 bridgehead atoms. The molecule has 2 rings (SSSR count). The molecule has 25 heavy (non-hydrogen) atoms. The maximum absolute atomic E-state index is 11.7. The van der Waals surface area contributed by atoms with Crippen molar-refractivity contribution < 1.29 is 9.47 Å². The SMILES string of the molecule is CCOc1cc(/C=N\n2c(=O)cn[nH]c2=S)cc(Cl)c1OCC(C)C. The van der Waals surface area contributed by atoms with Gasteiger partial charge in [-0.3, -0.25) is 9.89 Å². The molecule has 9 heteroatoms. The van der Waals surface area contributed by atoms with Gasteiger partial charge >= 0.3 is 0 Å². The fraction of sp³-hybridized carbons (Fsp3) is 0.375. The zero-order valence-electron chi connectivity index (χ0n) is 14.2. The average molecular weight is 383 g/mol. The monoisotopic (exact) mass is 382 g/mol. The van der Waals surface area contributed by atoms with Gasteiger partial charge in [0.2, 0.25) is 4.77 Å². The Hall–Kier alpha value is -2.19. The number of nitrogens with one attached hydrogen (secondary N) is 1. The van der Waals surface area contributed by atoms with E-state index in [9.17, 15) is 4.79 Å². The van der Waals surface area contributed by atoms with Crippen molar-refractivity contribution in [2.45, 2.75) is 20.8 Å². The van der Waals surface area contributed by atoms with Crippen LogP contribution in [0.25, 0.3) is 0 Å². The number of halogens is 1. The molecule has 0 saturated carbocycles. The van der Waals surface area contributed by atoms with Gasteiger partial charge in [-0.15, -0.1) is 0 Å². The molecule has 7 nitrogen and oxygen atoms in total. The molecule has 1 heterocycles. The van der Waals surface area contributed by atoms with E-state index in [-0.39, 0.29) is 4.77 Å². The van der Waals surface area contributed by atoms with E-state index in [0.29, 0.717) is 41.2 Å². The van der Waals surface area contributed by atoms with Crippen LogP contribution in [0.3, 0.4) is 0 Å². The Bertz CT molecular complexity index is 848. The topological polar surface area (TPSA) is 81.5 Å². The average Bonchev–Trinajstić information content (AvgIpc) is 2.53. The summed E-state index contributed by atoms with van der Waals surface area (Å²) in [6.07, 6.45) is 2.56. The summed E-state index contributed by atoms with van der Waals surface area (Å²) in [6.45, 7) is 6.95. The highest BCUT2D eigenvalue weighted by Gasteiger charge is 2.13. The van der Waals surface area contributed by atoms with Crippen molar-refractivity contribution in [3.05, 3.63) is 44.0 Å². The number of aromatic amines is 1. The minimum Gasteiger partial charge on any atom is -0.490 e. The van der Waals surface area contributed by atoms with Gasteiger partial charge < -0.3 is 9.47 Å². The molecule has 1 aromatic carbocycles. The maximum atomic E-state index is 11.7. The Morgan fingerprint density at radius 1 is 1.44 bits per heavy atom. The van der Waals surface area contributed by atoms with Crippen LogP contribution in [0.1, 0.15) is 26.3 Å². The highest BCUT2D eigenvalue weighted by Crippen LogP contribution is 2.36. The van der Waals surface area contributed by atoms with Crippen LogP contribution in [-0.4, -0.2) is 34.3 Å². The Kier molecular flexibility index (Phi) is 6.72. The first-order chi connectivity index (χ1) is 11.9. The zero-order valence-corrected chi connectivity index (χ0v) is 15.7. The Labute approximate surface area is 155 Å². The molecular weight excluding hydrogens is 364 g/mol. The lowest BCUT2D eigenvalue weighted by Crippen LogP contribution is -2.18. The van der Waals surface area contributed by atoms with Gasteiger partial charge in [-0.2, -0.15) is 14.9 Å². The number of hydrogen-bond donors (Lipinski definition) is 1. The van der Waals surface area contributed by atoms with Crippen molar-refractivity contribution >= 4 is 30.0 Å². The predicted molar refractivity (Wildman–Crippen MR) is 99.6 cm³/mol. The van der Waals surface area contributed by atoms with Gasteiger partial charge in [-0.25, -0.2) is 0 Å². The first-order valence-corrected chi connectivity index (χ1v) is 8.51. The standard InChI is InChI=1S/C16H19ClN4O3S/c1-4-23-13-6-11(5-12(17)15(13)24-9-10(2)3)7-19-21-14(22)8-18-20-16(21)25/h5-8,10H,4,9H2,1-3H3,(H,20,25)/b19-7-. The van der Waals surface area contributed by atoms with E-state index in [1.807, 2.05) is 20.8 Å². The smallest absolute Gasteiger partial charge is 0.293 e. The summed E-state index contributed by atoms with van der Waals surface area (Å²) in [7, 11) is 0. The highest BCUT2D eigenvalue weighted by atomic mass is 35.5. The molecule has 2 aromatic rings. The lowest BCUT2D eigenvalue weighted by molar-refractivity contribution is 0.248. The zero-order chi connectivity index (χ0) is 18.4. The van der Waals surface area contributed by atoms with Crippen LogP contribution < -0.4 is 15.0 Å². The van der Waals surface area contributed by atoms with E-state index in [1.165, 1.54) is 6.21 Å². The van der Waals surface area contributed by atoms with Crippen LogP contribution in [0.15, 0.2) is 28.2 Å². The van der Waals surface area contributed by atoms with Crippen molar-refractivity contribution in [1.82, 2.24) is 14.9 Å². The summed E-state index contributed by atoms with van der Waals surface area (Å²) in [5, 5.41) is 10.6. The van der Waals surface area contributed by atoms with Crippen molar-refractivity contribution in [2.75, 3.05) is 13.2 Å². The molecule has 134 valence electrons. The predicted octanol–water partition coefficient (Wildman–Crippen LogP) is 3.27. The summed E-state index contributed by atoms with van der Waals surface area (Å²) in [6, 6.07) is 3.43. The van der Waals surface area contributed by atoms with Crippen molar-refractivity contribution in [2.24, 2.45) is 11.0 Å². The van der Waals surface area contributed by atoms with Crippen molar-refractivity contribution in [1.29, 1.82) is 0 Å². The fourth-order valence-corrected chi connectivity index (χ4v) is 2.36. The summed E-state index contributed by atoms with van der Waals surface area (Å²) in [4.78, 5) is 11.7. The molecule has 0 aliphatic rings. The molecule has 0 fully saturated rings. The largest absolute Gasteiger partial charge is 0.490 e. The molecule has 0 radical (unpaired) electrons. The number of nitrogens with zero attached hydrogens (tertiary/aromatic N) is 3. The number of benzene rings is 1. The Morgan fingerprint density at radius 2 is 2.20 bits per heavy atom. The van der Waals surface area contributed by atoms with Gasteiger partial charge in [0.15, 0.2) is 11.5 Å². The molecule has 1 aromatic heterocycles. The number of aromatic nitrogens is 3. The van der Waals surface area contributed by atoms with E-state index in [1.54, 1.807) is 12.1 Å². The molecule has 0 spiro atoms. The number of rotatable bonds is 7. The van der Waals surface area contributed by atoms with E-state index < -0.39 is 5.56 Å². The first kappa shape index (κ1) is 19.1. The molecule has 1 N–H and O–H groups in total. The molecular formula is C16H19ClN4O3S. The molecule has 0 unspecified atom stereocenters. The van der Waals surface area contributed by atoms with Gasteiger partial charge in [0, 0.05) is 0 Å². The van der Waals surface area contributed by atoms with Crippen LogP contribution in [0.2, 0.25) is 5.02 Å². The van der Waals surface area contributed by atoms with Crippen molar-refractivity contribution in [3.63, 3.8) is 0 Å². The van der Waals surface area contributed by atoms with Gasteiger partial charge in [0.05, 0.1) is 24.5 Å². The minimum atomic E-state index is -0.437. The van der Waals surface area contributed by atoms with Gasteiger partial charge in [-0.1, -0.05) is 25.4 Å². The fourth-order valence-electron chi connectivity index (χ4n) is 1.89. The molecule has 0 saturated heterocycles. The van der Waals surface area contributed by atoms with E-state index in [0.717, 1.165) is 10.9 Å². The van der Waals surface area contributed by atoms with Crippen LogP contribution in [-0.2, 0) is 0 Å². The van der Waals surface area contributed by atoms with Crippen LogP contribution in [0.5, 0.6) is 11.5 Å². The highest BCUT2D eigenvalue weighted by molar-refractivity contribution is 7.71. The molecule has 0 amide bonds. The third-order valence-electron chi connectivity index (χ3n) is 2.95. The van der Waals surface area contributed by atoms with Crippen LogP contribution >= 0.6 is 23.8 Å². The number of H-pyrrole nitrogens is 1. The van der Waals surface area contributed by atoms with Gasteiger partial charge in [-0.05, 0) is 42.8 Å². The second-order valence-electron chi connectivity index (χ2n) is 5.54. The van der Waals surface area contributed by atoms with Crippen LogP contribution in [0, 0.1) is 10.7 Å². The van der Waals surface area contributed by atoms with Gasteiger partial charge in [0.25, 0.3) is 5.56 Å². The second kappa shape index (κ2) is 8.77. The third kappa shape index (κ3) is 5.14. The van der Waals surface area contributed by atoms with E-state index in [4.69, 9.17) is 33.3 Å². The van der Waals surface area contributed by atoms with Crippen molar-refractivity contribution in [3.8, 4) is 11.5 Å². The number of ether oxygens (including phenoxy) is 2. The molecule has 0 aliphatic heterocycles. The van der Waals surface area contributed by atoms with Crippen LogP contribution in [0.4, 0.5) is 0 Å². The molecule has 0 atom stereocenters. The second-order valence-corrected chi connectivity index (χ2v) is 6.33. The van der Waals surface area contributed by atoms with Gasteiger partial charge in [0.1, 0.15) is 6.20 Å². The summed E-state index contributed by atoms with van der Waals surface area (Å²) >= 11 is 11.3. The normalized spacial score (nSPS) is 11.2. The Morgan fingerprint density at radius 3 is 2.84 bits per heavy atom. The summed E-state index contributed by atoms with van der Waals surface area (Å²) < 4.78 is 12.5. The lowest BCUT2D eigenvalue weighted by Gasteiger charge is -2.15. The minimum absolute atomic E-state index is 0.0942. The summed E-state index contributed by atoms with van der Waals surface area (Å²) in [5.41, 5.74) is 0.205. The maximum Gasteiger partial charge on any atom is 0.293 e. The summed E-state index contributed by atoms with van der Waals surface area (Å²) in [5.74, 6) is 1.36.